The van der Waals surface area contributed by atoms with E-state index < -0.39 is 0 Å². The molecule has 1 saturated heterocycles. The maximum atomic E-state index is 12.0. The highest BCUT2D eigenvalue weighted by atomic mass is 16.5. The molecule has 0 aromatic carbocycles. The molecule has 3 nitrogen and oxygen atoms in total. The van der Waals surface area contributed by atoms with E-state index in [1.165, 1.54) is 0 Å². The van der Waals surface area contributed by atoms with Gasteiger partial charge in [-0.3, -0.25) is 4.79 Å². The van der Waals surface area contributed by atoms with Crippen molar-refractivity contribution in [1.29, 1.82) is 0 Å². The second-order valence-corrected chi connectivity index (χ2v) is 4.04. The number of carbonyl (C=O) groups excluding carboxylic acids is 1. The van der Waals surface area contributed by atoms with Crippen LogP contribution in [0.1, 0.15) is 26.2 Å². The zero-order valence-corrected chi connectivity index (χ0v) is 8.21. The molecule has 1 heterocycles. The first kappa shape index (κ1) is 9.00. The molecule has 1 amide bonds. The number of nitrogens with zero attached hydrogens (tertiary/aromatic N) is 1. The lowest BCUT2D eigenvalue weighted by Gasteiger charge is -2.30. The van der Waals surface area contributed by atoms with Crippen LogP contribution in [-0.2, 0) is 9.53 Å². The number of hydrogen-bond donors (Lipinski definition) is 0. The van der Waals surface area contributed by atoms with E-state index in [0.717, 1.165) is 32.4 Å². The monoisotopic (exact) mass is 183 g/mol. The average molecular weight is 183 g/mol. The SMILES string of the molecule is CCC1(C(=O)N2CCOCC2)CC1. The number of carbonyl (C=O) groups is 1. The third-order valence-corrected chi connectivity index (χ3v) is 3.28. The standard InChI is InChI=1S/C10H17NO2/c1-2-10(3-4-10)9(12)11-5-7-13-8-6-11/h2-8H2,1H3. The molecule has 0 bridgehead atoms. The minimum atomic E-state index is 0.0390. The molecule has 0 radical (unpaired) electrons. The van der Waals surface area contributed by atoms with E-state index in [-0.39, 0.29) is 5.41 Å². The number of hydrogen-bond acceptors (Lipinski definition) is 2. The maximum absolute atomic E-state index is 12.0. The highest BCUT2D eigenvalue weighted by Gasteiger charge is 2.49. The molecule has 0 N–H and O–H groups in total. The van der Waals surface area contributed by atoms with Crippen LogP contribution in [0.4, 0.5) is 0 Å². The summed E-state index contributed by atoms with van der Waals surface area (Å²) < 4.78 is 5.22. The minimum absolute atomic E-state index is 0.0390. The summed E-state index contributed by atoms with van der Waals surface area (Å²) in [6.07, 6.45) is 3.20. The molecule has 1 aliphatic carbocycles. The summed E-state index contributed by atoms with van der Waals surface area (Å²) in [4.78, 5) is 14.0. The van der Waals surface area contributed by atoms with Crippen molar-refractivity contribution in [1.82, 2.24) is 4.90 Å². The molecular weight excluding hydrogens is 166 g/mol. The van der Waals surface area contributed by atoms with Crippen molar-refractivity contribution in [3.8, 4) is 0 Å². The first-order valence-electron chi connectivity index (χ1n) is 5.16. The van der Waals surface area contributed by atoms with Crippen molar-refractivity contribution in [2.24, 2.45) is 5.41 Å². The van der Waals surface area contributed by atoms with Gasteiger partial charge in [-0.05, 0) is 19.3 Å². The van der Waals surface area contributed by atoms with E-state index in [1.54, 1.807) is 0 Å². The van der Waals surface area contributed by atoms with Gasteiger partial charge >= 0.3 is 0 Å². The summed E-state index contributed by atoms with van der Waals surface area (Å²) in [5, 5.41) is 0. The van der Waals surface area contributed by atoms with Crippen molar-refractivity contribution in [3.05, 3.63) is 0 Å². The van der Waals surface area contributed by atoms with Gasteiger partial charge in [-0.1, -0.05) is 6.92 Å². The first-order chi connectivity index (χ1) is 6.28. The number of rotatable bonds is 2. The third-order valence-electron chi connectivity index (χ3n) is 3.28. The molecule has 1 aliphatic heterocycles. The summed E-state index contributed by atoms with van der Waals surface area (Å²) in [6.45, 7) is 5.13. The van der Waals surface area contributed by atoms with Gasteiger partial charge in [-0.15, -0.1) is 0 Å². The second kappa shape index (κ2) is 3.29. The van der Waals surface area contributed by atoms with Crippen LogP contribution in [0.3, 0.4) is 0 Å². The van der Waals surface area contributed by atoms with E-state index in [0.29, 0.717) is 19.1 Å². The Labute approximate surface area is 79.0 Å². The Hall–Kier alpha value is -0.570. The summed E-state index contributed by atoms with van der Waals surface area (Å²) in [7, 11) is 0. The summed E-state index contributed by atoms with van der Waals surface area (Å²) in [5.74, 6) is 0.373. The molecule has 2 aliphatic rings. The predicted molar refractivity (Wildman–Crippen MR) is 49.4 cm³/mol. The van der Waals surface area contributed by atoms with Crippen LogP contribution in [0.2, 0.25) is 0 Å². The molecule has 74 valence electrons. The molecule has 1 saturated carbocycles. The Balaban J connectivity index is 1.95. The highest BCUT2D eigenvalue weighted by Crippen LogP contribution is 2.50. The van der Waals surface area contributed by atoms with Crippen LogP contribution in [0, 0.1) is 5.41 Å². The minimum Gasteiger partial charge on any atom is -0.378 e. The van der Waals surface area contributed by atoms with Gasteiger partial charge in [0.2, 0.25) is 5.91 Å². The van der Waals surface area contributed by atoms with Crippen molar-refractivity contribution in [2.75, 3.05) is 26.3 Å². The molecule has 2 fully saturated rings. The van der Waals surface area contributed by atoms with Crippen LogP contribution >= 0.6 is 0 Å². The van der Waals surface area contributed by atoms with Gasteiger partial charge in [0.15, 0.2) is 0 Å². The largest absolute Gasteiger partial charge is 0.378 e. The van der Waals surface area contributed by atoms with Crippen molar-refractivity contribution >= 4 is 5.91 Å². The Morgan fingerprint density at radius 1 is 1.38 bits per heavy atom. The smallest absolute Gasteiger partial charge is 0.228 e. The topological polar surface area (TPSA) is 29.5 Å². The normalized spacial score (nSPS) is 25.8. The zero-order chi connectivity index (χ0) is 9.31. The summed E-state index contributed by atoms with van der Waals surface area (Å²) in [6, 6.07) is 0. The van der Waals surface area contributed by atoms with E-state index >= 15 is 0 Å². The van der Waals surface area contributed by atoms with Crippen molar-refractivity contribution in [2.45, 2.75) is 26.2 Å². The van der Waals surface area contributed by atoms with Gasteiger partial charge in [0.1, 0.15) is 0 Å². The third kappa shape index (κ3) is 1.57. The zero-order valence-electron chi connectivity index (χ0n) is 8.21. The second-order valence-electron chi connectivity index (χ2n) is 4.04. The van der Waals surface area contributed by atoms with Crippen LogP contribution in [0.15, 0.2) is 0 Å². The molecule has 13 heavy (non-hydrogen) atoms. The van der Waals surface area contributed by atoms with Gasteiger partial charge in [0.25, 0.3) is 0 Å². The number of morpholine rings is 1. The van der Waals surface area contributed by atoms with Gasteiger partial charge in [0.05, 0.1) is 13.2 Å². The van der Waals surface area contributed by atoms with E-state index in [2.05, 4.69) is 6.92 Å². The summed E-state index contributed by atoms with van der Waals surface area (Å²) >= 11 is 0. The fourth-order valence-corrected chi connectivity index (χ4v) is 1.97. The quantitative estimate of drug-likeness (QED) is 0.640. The lowest BCUT2D eigenvalue weighted by Crippen LogP contribution is -2.44. The molecule has 0 spiro atoms. The van der Waals surface area contributed by atoms with Crippen LogP contribution in [0.5, 0.6) is 0 Å². The Morgan fingerprint density at radius 3 is 2.46 bits per heavy atom. The van der Waals surface area contributed by atoms with Crippen LogP contribution in [0.25, 0.3) is 0 Å². The van der Waals surface area contributed by atoms with Crippen LogP contribution in [-0.4, -0.2) is 37.1 Å². The number of amides is 1. The fraction of sp³-hybridized carbons (Fsp3) is 0.900. The van der Waals surface area contributed by atoms with Gasteiger partial charge < -0.3 is 9.64 Å². The van der Waals surface area contributed by atoms with Crippen molar-refractivity contribution in [3.63, 3.8) is 0 Å². The maximum Gasteiger partial charge on any atom is 0.228 e. The first-order valence-corrected chi connectivity index (χ1v) is 5.16. The number of ether oxygens (including phenoxy) is 1. The Kier molecular flexibility index (Phi) is 2.28. The average Bonchev–Trinajstić information content (AvgIpc) is 2.99. The molecular formula is C10H17NO2. The van der Waals surface area contributed by atoms with Gasteiger partial charge in [-0.25, -0.2) is 0 Å². The predicted octanol–water partition coefficient (Wildman–Crippen LogP) is 1.04. The van der Waals surface area contributed by atoms with Gasteiger partial charge in [-0.2, -0.15) is 0 Å². The highest BCUT2D eigenvalue weighted by molar-refractivity contribution is 5.85. The van der Waals surface area contributed by atoms with Crippen molar-refractivity contribution < 1.29 is 9.53 Å². The van der Waals surface area contributed by atoms with E-state index in [9.17, 15) is 4.79 Å². The fourth-order valence-electron chi connectivity index (χ4n) is 1.97. The molecule has 0 atom stereocenters. The molecule has 2 rings (SSSR count). The van der Waals surface area contributed by atoms with E-state index in [4.69, 9.17) is 4.74 Å². The van der Waals surface area contributed by atoms with E-state index in [1.807, 2.05) is 4.90 Å². The molecule has 0 aromatic heterocycles. The molecule has 3 heteroatoms. The summed E-state index contributed by atoms with van der Waals surface area (Å²) in [5.41, 5.74) is 0.0390. The molecule has 0 aromatic rings. The van der Waals surface area contributed by atoms with Crippen LogP contribution < -0.4 is 0 Å². The molecule has 0 unspecified atom stereocenters. The lowest BCUT2D eigenvalue weighted by molar-refractivity contribution is -0.141. The lowest BCUT2D eigenvalue weighted by atomic mass is 10.0. The Morgan fingerprint density at radius 2 is 2.00 bits per heavy atom. The van der Waals surface area contributed by atoms with Gasteiger partial charge in [0, 0.05) is 18.5 Å². The Bertz CT molecular complexity index is 205.